The van der Waals surface area contributed by atoms with Gasteiger partial charge in [-0.3, -0.25) is 14.4 Å². The first-order chi connectivity index (χ1) is 9.95. The van der Waals surface area contributed by atoms with Gasteiger partial charge in [-0.2, -0.15) is 11.8 Å². The van der Waals surface area contributed by atoms with Crippen molar-refractivity contribution in [1.82, 2.24) is 0 Å². The minimum Gasteiger partial charge on any atom is -0.468 e. The van der Waals surface area contributed by atoms with Crippen molar-refractivity contribution in [3.05, 3.63) is 17.0 Å². The predicted molar refractivity (Wildman–Crippen MR) is 83.4 cm³/mol. The Morgan fingerprint density at radius 1 is 1.48 bits per heavy atom. The molecule has 1 heterocycles. The summed E-state index contributed by atoms with van der Waals surface area (Å²) in [6, 6.07) is 0.884. The van der Waals surface area contributed by atoms with Crippen molar-refractivity contribution in [2.75, 3.05) is 23.9 Å². The standard InChI is InChI=1S/C12H17N3O4S2/c1-19-12(18)8(13)3-4-20-6-9(16)15-11-7(10(14)17)2-5-21-11/h2,5,8H,3-4,6,13H2,1H3,(H2,14,17)(H,15,16). The maximum absolute atomic E-state index is 11.7. The molecule has 0 radical (unpaired) electrons. The van der Waals surface area contributed by atoms with Crippen LogP contribution < -0.4 is 16.8 Å². The van der Waals surface area contributed by atoms with Crippen LogP contribution in [0.3, 0.4) is 0 Å². The normalized spacial score (nSPS) is 11.7. The number of carbonyl (C=O) groups excluding carboxylic acids is 3. The molecule has 5 N–H and O–H groups in total. The number of anilines is 1. The van der Waals surface area contributed by atoms with E-state index >= 15 is 0 Å². The van der Waals surface area contributed by atoms with Crippen molar-refractivity contribution in [2.24, 2.45) is 11.5 Å². The van der Waals surface area contributed by atoms with Crippen molar-refractivity contribution in [1.29, 1.82) is 0 Å². The van der Waals surface area contributed by atoms with Crippen molar-refractivity contribution in [2.45, 2.75) is 12.5 Å². The number of methoxy groups -OCH3 is 1. The monoisotopic (exact) mass is 331 g/mol. The summed E-state index contributed by atoms with van der Waals surface area (Å²) < 4.78 is 4.50. The zero-order chi connectivity index (χ0) is 15.8. The summed E-state index contributed by atoms with van der Waals surface area (Å²) in [6.45, 7) is 0. The molecule has 0 spiro atoms. The number of esters is 1. The number of thioether (sulfide) groups is 1. The van der Waals surface area contributed by atoms with Crippen LogP contribution in [-0.2, 0) is 14.3 Å². The lowest BCUT2D eigenvalue weighted by atomic mass is 10.2. The van der Waals surface area contributed by atoms with E-state index in [1.54, 1.807) is 11.4 Å². The van der Waals surface area contributed by atoms with E-state index in [9.17, 15) is 14.4 Å². The molecule has 0 aliphatic carbocycles. The van der Waals surface area contributed by atoms with E-state index in [1.165, 1.54) is 30.2 Å². The molecule has 0 aliphatic rings. The van der Waals surface area contributed by atoms with Crippen LogP contribution in [0.2, 0.25) is 0 Å². The smallest absolute Gasteiger partial charge is 0.322 e. The van der Waals surface area contributed by atoms with Crippen LogP contribution in [-0.4, -0.2) is 42.4 Å². The summed E-state index contributed by atoms with van der Waals surface area (Å²) in [5.74, 6) is -0.537. The average molecular weight is 331 g/mol. The molecule has 0 fully saturated rings. The first-order valence-corrected chi connectivity index (χ1v) is 8.07. The van der Waals surface area contributed by atoms with Gasteiger partial charge in [0, 0.05) is 0 Å². The van der Waals surface area contributed by atoms with Gasteiger partial charge in [-0.25, -0.2) is 0 Å². The molecule has 7 nitrogen and oxygen atoms in total. The minimum absolute atomic E-state index is 0.198. The molecule has 1 atom stereocenters. The van der Waals surface area contributed by atoms with Gasteiger partial charge in [0.2, 0.25) is 5.91 Å². The highest BCUT2D eigenvalue weighted by Crippen LogP contribution is 2.22. The van der Waals surface area contributed by atoms with Gasteiger partial charge >= 0.3 is 5.97 Å². The number of hydrogen-bond donors (Lipinski definition) is 3. The Bertz CT molecular complexity index is 518. The number of amides is 2. The quantitative estimate of drug-likeness (QED) is 0.468. The molecular formula is C12H17N3O4S2. The van der Waals surface area contributed by atoms with Gasteiger partial charge in [-0.15, -0.1) is 11.3 Å². The third kappa shape index (κ3) is 5.74. The number of thiophene rings is 1. The van der Waals surface area contributed by atoms with Crippen LogP contribution in [0.4, 0.5) is 5.00 Å². The third-order valence-electron chi connectivity index (χ3n) is 2.49. The van der Waals surface area contributed by atoms with E-state index in [0.717, 1.165) is 0 Å². The van der Waals surface area contributed by atoms with E-state index in [4.69, 9.17) is 11.5 Å². The molecule has 1 aromatic rings. The van der Waals surface area contributed by atoms with Gasteiger partial charge in [-0.05, 0) is 23.6 Å². The Morgan fingerprint density at radius 2 is 2.19 bits per heavy atom. The van der Waals surface area contributed by atoms with Crippen LogP contribution >= 0.6 is 23.1 Å². The van der Waals surface area contributed by atoms with Gasteiger partial charge in [-0.1, -0.05) is 0 Å². The van der Waals surface area contributed by atoms with Crippen molar-refractivity contribution >= 4 is 45.9 Å². The second kappa shape index (κ2) is 8.65. The van der Waals surface area contributed by atoms with E-state index in [0.29, 0.717) is 22.7 Å². The molecule has 0 aliphatic heterocycles. The average Bonchev–Trinajstić information content (AvgIpc) is 2.90. The third-order valence-corrected chi connectivity index (χ3v) is 4.31. The number of primary amides is 1. The summed E-state index contributed by atoms with van der Waals surface area (Å²) >= 11 is 2.58. The molecule has 2 amide bonds. The fourth-order valence-electron chi connectivity index (χ4n) is 1.41. The molecule has 1 aromatic heterocycles. The number of carbonyl (C=O) groups is 3. The summed E-state index contributed by atoms with van der Waals surface area (Å²) in [7, 11) is 1.28. The van der Waals surface area contributed by atoms with Crippen LogP contribution in [0.15, 0.2) is 11.4 Å². The topological polar surface area (TPSA) is 125 Å². The number of ether oxygens (including phenoxy) is 1. The molecular weight excluding hydrogens is 314 g/mol. The summed E-state index contributed by atoms with van der Waals surface area (Å²) in [6.07, 6.45) is 0.427. The zero-order valence-corrected chi connectivity index (χ0v) is 13.1. The largest absolute Gasteiger partial charge is 0.468 e. The van der Waals surface area contributed by atoms with E-state index in [1.807, 2.05) is 0 Å². The second-order valence-electron chi connectivity index (χ2n) is 4.05. The lowest BCUT2D eigenvalue weighted by Crippen LogP contribution is -2.32. The Balaban J connectivity index is 2.30. The molecule has 0 saturated heterocycles. The second-order valence-corrected chi connectivity index (χ2v) is 6.07. The molecule has 0 aromatic carbocycles. The van der Waals surface area contributed by atoms with E-state index < -0.39 is 17.9 Å². The summed E-state index contributed by atoms with van der Waals surface area (Å²) in [5, 5.41) is 4.75. The molecule has 0 saturated carbocycles. The highest BCUT2D eigenvalue weighted by molar-refractivity contribution is 7.99. The first-order valence-electron chi connectivity index (χ1n) is 6.04. The molecule has 9 heteroatoms. The zero-order valence-electron chi connectivity index (χ0n) is 11.5. The van der Waals surface area contributed by atoms with Crippen LogP contribution in [0.5, 0.6) is 0 Å². The molecule has 21 heavy (non-hydrogen) atoms. The number of nitrogens with two attached hydrogens (primary N) is 2. The molecule has 1 rings (SSSR count). The maximum Gasteiger partial charge on any atom is 0.322 e. The van der Waals surface area contributed by atoms with Gasteiger partial charge < -0.3 is 21.5 Å². The van der Waals surface area contributed by atoms with Gasteiger partial charge in [0.1, 0.15) is 11.0 Å². The Morgan fingerprint density at radius 3 is 2.81 bits per heavy atom. The van der Waals surface area contributed by atoms with Crippen LogP contribution in [0.1, 0.15) is 16.8 Å². The summed E-state index contributed by atoms with van der Waals surface area (Å²) in [4.78, 5) is 33.9. The Kier molecular flexibility index (Phi) is 7.20. The van der Waals surface area contributed by atoms with E-state index in [-0.39, 0.29) is 11.7 Å². The maximum atomic E-state index is 11.7. The fourth-order valence-corrected chi connectivity index (χ4v) is 3.04. The van der Waals surface area contributed by atoms with Crippen LogP contribution in [0.25, 0.3) is 0 Å². The number of hydrogen-bond acceptors (Lipinski definition) is 7. The lowest BCUT2D eigenvalue weighted by Gasteiger charge is -2.08. The van der Waals surface area contributed by atoms with Crippen LogP contribution in [0, 0.1) is 0 Å². The highest BCUT2D eigenvalue weighted by atomic mass is 32.2. The Labute approximate surface area is 130 Å². The SMILES string of the molecule is COC(=O)C(N)CCSCC(=O)Nc1sccc1C(N)=O. The number of rotatable bonds is 8. The van der Waals surface area contributed by atoms with Gasteiger partial charge in [0.25, 0.3) is 5.91 Å². The highest BCUT2D eigenvalue weighted by Gasteiger charge is 2.14. The predicted octanol–water partition coefficient (Wildman–Crippen LogP) is 0.409. The van der Waals surface area contributed by atoms with Crippen molar-refractivity contribution in [3.8, 4) is 0 Å². The van der Waals surface area contributed by atoms with Crippen molar-refractivity contribution < 1.29 is 19.1 Å². The Hall–Kier alpha value is -1.58. The lowest BCUT2D eigenvalue weighted by molar-refractivity contribution is -0.142. The van der Waals surface area contributed by atoms with Gasteiger partial charge in [0.05, 0.1) is 18.4 Å². The number of nitrogens with one attached hydrogen (secondary N) is 1. The van der Waals surface area contributed by atoms with E-state index in [2.05, 4.69) is 10.1 Å². The van der Waals surface area contributed by atoms with Crippen molar-refractivity contribution in [3.63, 3.8) is 0 Å². The molecule has 0 bridgehead atoms. The first kappa shape index (κ1) is 17.5. The summed E-state index contributed by atoms with van der Waals surface area (Å²) in [5.41, 5.74) is 11.1. The molecule has 116 valence electrons. The minimum atomic E-state index is -0.677. The van der Waals surface area contributed by atoms with Gasteiger partial charge in [0.15, 0.2) is 0 Å². The molecule has 1 unspecified atom stereocenters. The fraction of sp³-hybridized carbons (Fsp3) is 0.417.